The quantitative estimate of drug-likeness (QED) is 0.570. The standard InChI is InChI=1S/C16H12FN3O3/c1-9-5-6-10(20(22)23)7-14(9)19-16(21)15-8-11-12(17)3-2-4-13(11)18-15/h2-8,18H,1H3,(H,19,21). The Morgan fingerprint density at radius 3 is 2.74 bits per heavy atom. The predicted molar refractivity (Wildman–Crippen MR) is 84.0 cm³/mol. The van der Waals surface area contributed by atoms with Gasteiger partial charge in [-0.2, -0.15) is 0 Å². The number of aromatic nitrogens is 1. The third-order valence-electron chi connectivity index (χ3n) is 3.54. The van der Waals surface area contributed by atoms with Crippen molar-refractivity contribution in [3.8, 4) is 0 Å². The fourth-order valence-electron chi connectivity index (χ4n) is 2.29. The number of non-ortho nitro benzene ring substituents is 1. The number of carbonyl (C=O) groups excluding carboxylic acids is 1. The Kier molecular flexibility index (Phi) is 3.53. The fraction of sp³-hybridized carbons (Fsp3) is 0.0625. The maximum absolute atomic E-state index is 13.7. The van der Waals surface area contributed by atoms with Crippen LogP contribution < -0.4 is 5.32 Å². The van der Waals surface area contributed by atoms with E-state index >= 15 is 0 Å². The number of aryl methyl sites for hydroxylation is 1. The number of fused-ring (bicyclic) bond motifs is 1. The third kappa shape index (κ3) is 2.76. The van der Waals surface area contributed by atoms with E-state index in [9.17, 15) is 19.3 Å². The molecule has 0 aliphatic carbocycles. The van der Waals surface area contributed by atoms with Gasteiger partial charge in [-0.1, -0.05) is 12.1 Å². The fourth-order valence-corrected chi connectivity index (χ4v) is 2.29. The minimum Gasteiger partial charge on any atom is -0.350 e. The SMILES string of the molecule is Cc1ccc([N+](=O)[O-])cc1NC(=O)c1cc2c(F)cccc2[nH]1. The second-order valence-electron chi connectivity index (χ2n) is 5.09. The van der Waals surface area contributed by atoms with Gasteiger partial charge in [0.05, 0.1) is 10.6 Å². The first-order chi connectivity index (χ1) is 11.0. The molecule has 0 saturated heterocycles. The van der Waals surface area contributed by atoms with Gasteiger partial charge in [0.25, 0.3) is 11.6 Å². The van der Waals surface area contributed by atoms with E-state index in [0.717, 1.165) is 0 Å². The highest BCUT2D eigenvalue weighted by molar-refractivity contribution is 6.06. The van der Waals surface area contributed by atoms with Gasteiger partial charge in [-0.05, 0) is 30.7 Å². The summed E-state index contributed by atoms with van der Waals surface area (Å²) in [5, 5.41) is 13.7. The second kappa shape index (κ2) is 5.53. The van der Waals surface area contributed by atoms with E-state index in [1.807, 2.05) is 0 Å². The molecule has 0 saturated carbocycles. The molecule has 1 heterocycles. The maximum atomic E-state index is 13.7. The van der Waals surface area contributed by atoms with Crippen LogP contribution in [0.3, 0.4) is 0 Å². The summed E-state index contributed by atoms with van der Waals surface area (Å²) in [6.07, 6.45) is 0. The van der Waals surface area contributed by atoms with Crippen molar-refractivity contribution < 1.29 is 14.1 Å². The minimum absolute atomic E-state index is 0.117. The number of benzene rings is 2. The number of halogens is 1. The van der Waals surface area contributed by atoms with Crippen LogP contribution in [0.15, 0.2) is 42.5 Å². The van der Waals surface area contributed by atoms with Gasteiger partial charge in [0, 0.05) is 23.0 Å². The first-order valence-electron chi connectivity index (χ1n) is 6.79. The van der Waals surface area contributed by atoms with Crippen LogP contribution in [-0.2, 0) is 0 Å². The molecule has 7 heteroatoms. The van der Waals surface area contributed by atoms with Crippen LogP contribution >= 0.6 is 0 Å². The van der Waals surface area contributed by atoms with E-state index in [4.69, 9.17) is 0 Å². The van der Waals surface area contributed by atoms with Crippen LogP contribution in [0, 0.1) is 22.9 Å². The van der Waals surface area contributed by atoms with Crippen molar-refractivity contribution in [2.75, 3.05) is 5.32 Å². The zero-order valence-electron chi connectivity index (χ0n) is 12.1. The predicted octanol–water partition coefficient (Wildman–Crippen LogP) is 3.78. The number of nitro groups is 1. The smallest absolute Gasteiger partial charge is 0.272 e. The van der Waals surface area contributed by atoms with Crippen molar-refractivity contribution in [3.05, 3.63) is 69.7 Å². The summed E-state index contributed by atoms with van der Waals surface area (Å²) >= 11 is 0. The number of anilines is 1. The molecule has 1 aromatic heterocycles. The molecule has 23 heavy (non-hydrogen) atoms. The van der Waals surface area contributed by atoms with Gasteiger partial charge in [0.15, 0.2) is 0 Å². The number of hydrogen-bond acceptors (Lipinski definition) is 3. The minimum atomic E-state index is -0.534. The van der Waals surface area contributed by atoms with Gasteiger partial charge in [0.1, 0.15) is 11.5 Å². The molecule has 2 aromatic carbocycles. The molecule has 0 fully saturated rings. The number of nitro benzene ring substituents is 1. The first kappa shape index (κ1) is 14.7. The highest BCUT2D eigenvalue weighted by Gasteiger charge is 2.15. The van der Waals surface area contributed by atoms with Crippen molar-refractivity contribution in [1.29, 1.82) is 0 Å². The highest BCUT2D eigenvalue weighted by Crippen LogP contribution is 2.23. The number of nitrogens with one attached hydrogen (secondary N) is 2. The molecule has 2 N–H and O–H groups in total. The summed E-state index contributed by atoms with van der Waals surface area (Å²) in [6, 6.07) is 10.1. The molecule has 0 radical (unpaired) electrons. The van der Waals surface area contributed by atoms with Crippen LogP contribution in [0.2, 0.25) is 0 Å². The Hall–Kier alpha value is -3.22. The van der Waals surface area contributed by atoms with Crippen molar-refractivity contribution in [2.45, 2.75) is 6.92 Å². The number of rotatable bonds is 3. The lowest BCUT2D eigenvalue weighted by atomic mass is 10.1. The average molecular weight is 313 g/mol. The molecule has 0 atom stereocenters. The largest absolute Gasteiger partial charge is 0.350 e. The summed E-state index contributed by atoms with van der Waals surface area (Å²) in [5.74, 6) is -0.923. The van der Waals surface area contributed by atoms with Crippen molar-refractivity contribution in [3.63, 3.8) is 0 Å². The molecule has 3 rings (SSSR count). The van der Waals surface area contributed by atoms with E-state index in [1.165, 1.54) is 24.3 Å². The van der Waals surface area contributed by atoms with E-state index in [0.29, 0.717) is 22.2 Å². The summed E-state index contributed by atoms with van der Waals surface area (Å²) in [4.78, 5) is 25.4. The summed E-state index contributed by atoms with van der Waals surface area (Å²) in [7, 11) is 0. The molecule has 0 unspecified atom stereocenters. The average Bonchev–Trinajstić information content (AvgIpc) is 2.95. The molecule has 0 aliphatic rings. The van der Waals surface area contributed by atoms with Gasteiger partial charge in [-0.3, -0.25) is 14.9 Å². The zero-order valence-corrected chi connectivity index (χ0v) is 12.1. The summed E-state index contributed by atoms with van der Waals surface area (Å²) in [5.41, 5.74) is 1.59. The van der Waals surface area contributed by atoms with Crippen LogP contribution in [0.1, 0.15) is 16.1 Å². The van der Waals surface area contributed by atoms with Crippen LogP contribution in [0.25, 0.3) is 10.9 Å². The van der Waals surface area contributed by atoms with E-state index in [2.05, 4.69) is 10.3 Å². The molecule has 3 aromatic rings. The number of aromatic amines is 1. The number of amides is 1. The second-order valence-corrected chi connectivity index (χ2v) is 5.09. The van der Waals surface area contributed by atoms with Gasteiger partial charge >= 0.3 is 0 Å². The van der Waals surface area contributed by atoms with Gasteiger partial charge < -0.3 is 10.3 Å². The van der Waals surface area contributed by atoms with Crippen LogP contribution in [0.5, 0.6) is 0 Å². The van der Waals surface area contributed by atoms with Crippen LogP contribution in [0.4, 0.5) is 15.8 Å². The monoisotopic (exact) mass is 313 g/mol. The van der Waals surface area contributed by atoms with Gasteiger partial charge in [0.2, 0.25) is 0 Å². The Balaban J connectivity index is 1.93. The van der Waals surface area contributed by atoms with Crippen molar-refractivity contribution >= 4 is 28.2 Å². The molecule has 0 aliphatic heterocycles. The van der Waals surface area contributed by atoms with Crippen LogP contribution in [-0.4, -0.2) is 15.8 Å². The molecular weight excluding hydrogens is 301 g/mol. The molecule has 116 valence electrons. The lowest BCUT2D eigenvalue weighted by Gasteiger charge is -2.07. The lowest BCUT2D eigenvalue weighted by molar-refractivity contribution is -0.384. The Bertz CT molecular complexity index is 933. The molecule has 6 nitrogen and oxygen atoms in total. The van der Waals surface area contributed by atoms with E-state index in [1.54, 1.807) is 25.1 Å². The molecular formula is C16H12FN3O3. The lowest BCUT2D eigenvalue weighted by Crippen LogP contribution is -2.13. The Morgan fingerprint density at radius 2 is 2.04 bits per heavy atom. The normalized spacial score (nSPS) is 10.7. The number of carbonyl (C=O) groups is 1. The topological polar surface area (TPSA) is 88.0 Å². The summed E-state index contributed by atoms with van der Waals surface area (Å²) < 4.78 is 13.7. The van der Waals surface area contributed by atoms with E-state index < -0.39 is 16.6 Å². The Labute approximate surface area is 130 Å². The Morgan fingerprint density at radius 1 is 1.26 bits per heavy atom. The number of H-pyrrole nitrogens is 1. The van der Waals surface area contributed by atoms with E-state index in [-0.39, 0.29) is 11.4 Å². The summed E-state index contributed by atoms with van der Waals surface area (Å²) in [6.45, 7) is 1.73. The van der Waals surface area contributed by atoms with Gasteiger partial charge in [-0.15, -0.1) is 0 Å². The molecule has 0 bridgehead atoms. The molecule has 0 spiro atoms. The number of nitrogens with zero attached hydrogens (tertiary/aromatic N) is 1. The van der Waals surface area contributed by atoms with Crippen molar-refractivity contribution in [2.24, 2.45) is 0 Å². The first-order valence-corrected chi connectivity index (χ1v) is 6.79. The van der Waals surface area contributed by atoms with Gasteiger partial charge in [-0.25, -0.2) is 4.39 Å². The third-order valence-corrected chi connectivity index (χ3v) is 3.54. The zero-order chi connectivity index (χ0) is 16.6. The highest BCUT2D eigenvalue weighted by atomic mass is 19.1. The molecule has 1 amide bonds. The number of hydrogen-bond donors (Lipinski definition) is 2. The van der Waals surface area contributed by atoms with Crippen molar-refractivity contribution in [1.82, 2.24) is 4.98 Å². The maximum Gasteiger partial charge on any atom is 0.272 e.